The van der Waals surface area contributed by atoms with Crippen LogP contribution in [0.2, 0.25) is 3.67 Å². The molecule has 5 N–H and O–H groups in total. The van der Waals surface area contributed by atoms with Crippen LogP contribution in [0.15, 0.2) is 24.8 Å². The molecule has 1 unspecified atom stereocenters. The Bertz CT molecular complexity index is 414. The van der Waals surface area contributed by atoms with E-state index in [1.807, 2.05) is 6.08 Å². The van der Waals surface area contributed by atoms with E-state index < -0.39 is 33.7 Å². The standard InChI is InChI=1S/C5H7.C4H6O7S.Na.H2O/c1-3-5-4-2;5-3(6)1-2(4(7)8)12(9,10)11;;/h3-5H,1-2H2;2H,1H2,(H,5,6)(H,7,8)(H,9,10,11);;1H2. The molecule has 1 atom stereocenters. The van der Waals surface area contributed by atoms with Gasteiger partial charge in [-0.15, -0.1) is 0 Å². The van der Waals surface area contributed by atoms with E-state index in [9.17, 15) is 18.0 Å². The van der Waals surface area contributed by atoms with Crippen molar-refractivity contribution in [3.8, 4) is 0 Å². The molecule has 0 rings (SSSR count). The minimum absolute atomic E-state index is 0. The fourth-order valence-corrected chi connectivity index (χ4v) is 1.59. The van der Waals surface area contributed by atoms with Crippen LogP contribution in [0, 0.1) is 0 Å². The molecule has 0 bridgehead atoms. The first-order chi connectivity index (χ1) is 8.16. The molecule has 10 heteroatoms. The van der Waals surface area contributed by atoms with Crippen LogP contribution in [0.1, 0.15) is 6.42 Å². The van der Waals surface area contributed by atoms with Crippen molar-refractivity contribution < 1.29 is 38.2 Å². The van der Waals surface area contributed by atoms with Crippen LogP contribution in [0.5, 0.6) is 0 Å². The minimum Gasteiger partial charge on any atom is -0.481 e. The molecule has 106 valence electrons. The van der Waals surface area contributed by atoms with Crippen molar-refractivity contribution in [3.63, 3.8) is 0 Å². The van der Waals surface area contributed by atoms with Gasteiger partial charge in [0.2, 0.25) is 0 Å². The Morgan fingerprint density at radius 2 is 1.79 bits per heavy atom. The first-order valence-corrected chi connectivity index (χ1v) is 7.77. The second-order valence-electron chi connectivity index (χ2n) is 3.01. The molecule has 0 aromatic heterocycles. The summed E-state index contributed by atoms with van der Waals surface area (Å²) in [5.74, 6) is -3.50. The van der Waals surface area contributed by atoms with Crippen LogP contribution < -0.4 is 0 Å². The molecule has 0 saturated carbocycles. The third-order valence-corrected chi connectivity index (χ3v) is 3.06. The summed E-state index contributed by atoms with van der Waals surface area (Å²) in [7, 11) is -4.84. The number of carboxylic acid groups (broad SMARTS) is 2. The van der Waals surface area contributed by atoms with E-state index in [-0.39, 0.29) is 5.48 Å². The van der Waals surface area contributed by atoms with Gasteiger partial charge >= 0.3 is 68.3 Å². The predicted octanol–water partition coefficient (Wildman–Crippen LogP) is -0.707. The number of rotatable bonds is 6. The van der Waals surface area contributed by atoms with Crippen LogP contribution in [0.4, 0.5) is 0 Å². The normalized spacial score (nSPS) is 11.7. The van der Waals surface area contributed by atoms with Gasteiger partial charge in [0, 0.05) is 0 Å². The molecule has 0 fully saturated rings. The summed E-state index contributed by atoms with van der Waals surface area (Å²) in [6, 6.07) is 0. The Morgan fingerprint density at radius 3 is 1.89 bits per heavy atom. The van der Waals surface area contributed by atoms with Gasteiger partial charge in [-0.1, -0.05) is 0 Å². The first kappa shape index (κ1) is 23.4. The zero-order valence-corrected chi connectivity index (χ0v) is 13.1. The molecular weight excluding hydrogens is 291 g/mol. The maximum absolute atomic E-state index is 10.2. The van der Waals surface area contributed by atoms with Gasteiger partial charge in [-0.25, -0.2) is 0 Å². The van der Waals surface area contributed by atoms with E-state index in [1.54, 1.807) is 6.08 Å². The van der Waals surface area contributed by atoms with E-state index >= 15 is 0 Å². The molecule has 0 aliphatic heterocycles. The van der Waals surface area contributed by atoms with E-state index in [1.165, 1.54) is 31.6 Å². The smallest absolute Gasteiger partial charge is 0.325 e. The average Bonchev–Trinajstić information content (AvgIpc) is 2.21. The second kappa shape index (κ2) is 12.3. The maximum atomic E-state index is 10.2. The molecular formula is C9H15NaO8S. The molecule has 19 heavy (non-hydrogen) atoms. The van der Waals surface area contributed by atoms with Crippen molar-refractivity contribution in [2.75, 3.05) is 0 Å². The number of aliphatic carboxylic acids is 2. The summed E-state index contributed by atoms with van der Waals surface area (Å²) in [5, 5.41) is 13.9. The zero-order chi connectivity index (χ0) is 14.8. The van der Waals surface area contributed by atoms with E-state index in [4.69, 9.17) is 14.8 Å². The van der Waals surface area contributed by atoms with Gasteiger partial charge in [-0.3, -0.25) is 14.1 Å². The van der Waals surface area contributed by atoms with Crippen molar-refractivity contribution in [2.45, 2.75) is 15.3 Å². The monoisotopic (exact) mass is 306 g/mol. The van der Waals surface area contributed by atoms with Gasteiger partial charge in [-0.05, 0) is 0 Å². The molecule has 0 aliphatic rings. The van der Waals surface area contributed by atoms with Crippen molar-refractivity contribution in [1.82, 2.24) is 0 Å². The second-order valence-corrected chi connectivity index (χ2v) is 5.43. The Hall–Kier alpha value is -0.710. The predicted molar refractivity (Wildman–Crippen MR) is 68.7 cm³/mol. The van der Waals surface area contributed by atoms with Crippen LogP contribution >= 0.6 is 0 Å². The van der Waals surface area contributed by atoms with Crippen LogP contribution in [0.25, 0.3) is 0 Å². The molecule has 0 heterocycles. The Morgan fingerprint density at radius 1 is 1.32 bits per heavy atom. The van der Waals surface area contributed by atoms with Crippen molar-refractivity contribution in [2.24, 2.45) is 0 Å². The Kier molecular flexibility index (Phi) is 15.2. The third-order valence-electron chi connectivity index (χ3n) is 1.50. The number of carboxylic acids is 2. The molecule has 0 aliphatic carbocycles. The molecule has 0 spiro atoms. The maximum Gasteiger partial charge on any atom is 0.325 e. The summed E-state index contributed by atoms with van der Waals surface area (Å²) in [4.78, 5) is 20.0. The van der Waals surface area contributed by atoms with E-state index in [2.05, 4.69) is 12.7 Å². The fourth-order valence-electron chi connectivity index (χ4n) is 0.711. The Labute approximate surface area is 128 Å². The van der Waals surface area contributed by atoms with Crippen molar-refractivity contribution in [3.05, 3.63) is 24.8 Å². The summed E-state index contributed by atoms with van der Waals surface area (Å²) >= 11 is 1.27. The molecule has 0 saturated heterocycles. The largest absolute Gasteiger partial charge is 0.481 e. The van der Waals surface area contributed by atoms with Crippen LogP contribution in [-0.2, 0) is 19.7 Å². The summed E-state index contributed by atoms with van der Waals surface area (Å²) < 4.78 is 29.9. The van der Waals surface area contributed by atoms with Crippen LogP contribution in [-0.4, -0.2) is 73.8 Å². The topological polar surface area (TPSA) is 160 Å². The van der Waals surface area contributed by atoms with Gasteiger partial charge in [0.15, 0.2) is 5.25 Å². The minimum atomic E-state index is -4.84. The van der Waals surface area contributed by atoms with Gasteiger partial charge in [0.05, 0.1) is 6.42 Å². The third kappa shape index (κ3) is 15.2. The van der Waals surface area contributed by atoms with Gasteiger partial charge < -0.3 is 15.7 Å². The van der Waals surface area contributed by atoms with Gasteiger partial charge in [-0.2, -0.15) is 8.42 Å². The van der Waals surface area contributed by atoms with Gasteiger partial charge in [0.25, 0.3) is 10.1 Å². The Balaban J connectivity index is -0.000000313. The zero-order valence-electron chi connectivity index (χ0n) is 10.3. The number of carbonyl (C=O) groups is 2. The number of allylic oxidation sites excluding steroid dienone is 3. The summed E-state index contributed by atoms with van der Waals surface area (Å²) in [6.45, 7) is 3.53. The molecule has 0 radical (unpaired) electrons. The van der Waals surface area contributed by atoms with Crippen molar-refractivity contribution >= 4 is 50.0 Å². The number of hydrogen-bond donors (Lipinski definition) is 3. The SMILES string of the molecule is C=CC=C[CH2][Na].O.O=C(O)CC(C(=O)O)S(=O)(=O)O. The first-order valence-electron chi connectivity index (χ1n) is 4.85. The number of hydrogen-bond acceptors (Lipinski definition) is 4. The molecule has 0 amide bonds. The molecule has 0 aromatic carbocycles. The van der Waals surface area contributed by atoms with E-state index in [0.29, 0.717) is 0 Å². The summed E-state index contributed by atoms with van der Waals surface area (Å²) in [6.07, 6.45) is 4.75. The van der Waals surface area contributed by atoms with Crippen molar-refractivity contribution in [1.29, 1.82) is 0 Å². The molecule has 8 nitrogen and oxygen atoms in total. The fraction of sp³-hybridized carbons (Fsp3) is 0.333. The van der Waals surface area contributed by atoms with Gasteiger partial charge in [0.1, 0.15) is 0 Å². The van der Waals surface area contributed by atoms with E-state index in [0.717, 1.165) is 0 Å². The average molecular weight is 306 g/mol. The summed E-state index contributed by atoms with van der Waals surface area (Å²) in [5.41, 5.74) is 0. The van der Waals surface area contributed by atoms with Crippen LogP contribution in [0.3, 0.4) is 0 Å². The quantitative estimate of drug-likeness (QED) is 0.332. The molecule has 0 aromatic rings.